The highest BCUT2D eigenvalue weighted by atomic mass is 16.5. The number of likely N-dealkylation sites (tertiary alicyclic amines) is 3. The number of hydrogen-bond donors (Lipinski definition) is 5. The Morgan fingerprint density at radius 1 is 0.745 bits per heavy atom. The Labute approximate surface area is 299 Å². The first-order chi connectivity index (χ1) is 23.7. The number of ether oxygens (including phenoxy) is 2. The number of aliphatic carboxylic acids is 1. The fourth-order valence-electron chi connectivity index (χ4n) is 6.35. The summed E-state index contributed by atoms with van der Waals surface area (Å²) < 4.78 is 11.1. The number of nitrogens with zero attached hydrogens (tertiary/aromatic N) is 3. The monoisotopic (exact) mass is 723 g/mol. The van der Waals surface area contributed by atoms with Gasteiger partial charge in [0.2, 0.25) is 35.4 Å². The zero-order valence-corrected chi connectivity index (χ0v) is 31.0. The fourth-order valence-corrected chi connectivity index (χ4v) is 6.35. The van der Waals surface area contributed by atoms with E-state index in [-0.39, 0.29) is 31.6 Å². The number of nitrogens with two attached hydrogens (primary N) is 1. The minimum atomic E-state index is -1.30. The van der Waals surface area contributed by atoms with Crippen molar-refractivity contribution in [1.29, 1.82) is 0 Å². The lowest BCUT2D eigenvalue weighted by Gasteiger charge is -2.34. The van der Waals surface area contributed by atoms with Crippen molar-refractivity contribution in [1.82, 2.24) is 30.7 Å². The molecule has 0 unspecified atom stereocenters. The average Bonchev–Trinajstić information content (AvgIpc) is 3.83. The molecule has 0 aromatic carbocycles. The quantitative estimate of drug-likeness (QED) is 0.148. The number of hydrogen-bond acceptors (Lipinski definition) is 10. The Bertz CT molecular complexity index is 1310. The van der Waals surface area contributed by atoms with Crippen LogP contribution < -0.4 is 21.7 Å². The molecule has 0 saturated carbocycles. The smallest absolute Gasteiger partial charge is 0.328 e. The van der Waals surface area contributed by atoms with Crippen LogP contribution in [-0.2, 0) is 43.0 Å². The van der Waals surface area contributed by atoms with Gasteiger partial charge < -0.3 is 51.0 Å². The van der Waals surface area contributed by atoms with Crippen molar-refractivity contribution in [3.8, 4) is 0 Å². The summed E-state index contributed by atoms with van der Waals surface area (Å²) in [5.41, 5.74) is 4.73. The number of carboxylic acids is 1. The molecule has 17 heteroatoms. The van der Waals surface area contributed by atoms with E-state index in [2.05, 4.69) is 16.0 Å². The summed E-state index contributed by atoms with van der Waals surface area (Å²) in [7, 11) is 0. The van der Waals surface area contributed by atoms with E-state index >= 15 is 0 Å². The van der Waals surface area contributed by atoms with Gasteiger partial charge in [0.05, 0.1) is 31.0 Å². The van der Waals surface area contributed by atoms with Crippen molar-refractivity contribution in [2.24, 2.45) is 5.73 Å². The van der Waals surface area contributed by atoms with Crippen molar-refractivity contribution in [2.45, 2.75) is 134 Å². The molecule has 0 bridgehead atoms. The number of carbonyl (C=O) groups is 7. The maximum absolute atomic E-state index is 13.9. The van der Waals surface area contributed by atoms with Gasteiger partial charge in [0, 0.05) is 19.6 Å². The first-order valence-electron chi connectivity index (χ1n) is 17.8. The van der Waals surface area contributed by atoms with Gasteiger partial charge in [-0.15, -0.1) is 0 Å². The number of rotatable bonds is 14. The second kappa shape index (κ2) is 17.6. The molecule has 3 saturated heterocycles. The molecule has 3 fully saturated rings. The molecule has 0 aliphatic carbocycles. The van der Waals surface area contributed by atoms with Crippen LogP contribution in [0.1, 0.15) is 87.0 Å². The first kappa shape index (κ1) is 41.6. The molecule has 0 aromatic heterocycles. The highest BCUT2D eigenvalue weighted by Gasteiger charge is 2.46. The lowest BCUT2D eigenvalue weighted by Crippen LogP contribution is -2.58. The molecule has 3 aliphatic heterocycles. The Balaban J connectivity index is 1.58. The van der Waals surface area contributed by atoms with Gasteiger partial charge in [-0.1, -0.05) is 0 Å². The summed E-state index contributed by atoms with van der Waals surface area (Å²) >= 11 is 0. The van der Waals surface area contributed by atoms with Gasteiger partial charge in [-0.25, -0.2) is 4.79 Å². The van der Waals surface area contributed by atoms with Crippen molar-refractivity contribution >= 4 is 41.4 Å². The van der Waals surface area contributed by atoms with Gasteiger partial charge in [0.15, 0.2) is 6.04 Å². The number of carboxylic acid groups (broad SMARTS) is 1. The molecule has 3 heterocycles. The summed E-state index contributed by atoms with van der Waals surface area (Å²) in [6.45, 7) is 12.5. The van der Waals surface area contributed by atoms with E-state index in [1.807, 2.05) is 20.8 Å². The zero-order chi connectivity index (χ0) is 38.3. The summed E-state index contributed by atoms with van der Waals surface area (Å²) in [6.07, 6.45) is 2.77. The van der Waals surface area contributed by atoms with Crippen LogP contribution in [0.5, 0.6) is 0 Å². The first-order valence-corrected chi connectivity index (χ1v) is 17.8. The van der Waals surface area contributed by atoms with Gasteiger partial charge in [0.25, 0.3) is 0 Å². The molecule has 6 N–H and O–H groups in total. The van der Waals surface area contributed by atoms with Crippen LogP contribution in [0.4, 0.5) is 0 Å². The lowest BCUT2D eigenvalue weighted by molar-refractivity contribution is -0.151. The second-order valence-corrected chi connectivity index (χ2v) is 15.4. The van der Waals surface area contributed by atoms with Crippen LogP contribution in [-0.4, -0.2) is 148 Å². The molecule has 6 amide bonds. The van der Waals surface area contributed by atoms with Gasteiger partial charge >= 0.3 is 5.97 Å². The van der Waals surface area contributed by atoms with E-state index in [1.165, 1.54) is 21.6 Å². The molecule has 17 nitrogen and oxygen atoms in total. The van der Waals surface area contributed by atoms with Crippen LogP contribution in [0.2, 0.25) is 0 Å². The molecule has 0 spiro atoms. The Kier molecular flexibility index (Phi) is 14.3. The van der Waals surface area contributed by atoms with E-state index in [4.69, 9.17) is 15.2 Å². The van der Waals surface area contributed by atoms with E-state index in [9.17, 15) is 38.7 Å². The minimum absolute atomic E-state index is 0.0332. The average molecular weight is 724 g/mol. The highest BCUT2D eigenvalue weighted by molar-refractivity contribution is 5.97. The zero-order valence-electron chi connectivity index (χ0n) is 31.0. The number of nitrogens with one attached hydrogen (secondary N) is 3. The van der Waals surface area contributed by atoms with Crippen LogP contribution >= 0.6 is 0 Å². The topological polar surface area (TPSA) is 230 Å². The summed E-state index contributed by atoms with van der Waals surface area (Å²) in [5, 5.41) is 17.2. The standard InChI is InChI=1S/C34H57N7O10/c1-20(37-26(42)17-36-27(43)21(35)18-50-33(2,3)4)29(45)40-15-9-12-24(40)31(47)41-16-10-13-25(41)30(46)39-14-8-11-23(39)28(44)38-22(32(48)49)19-51-34(5,6)7/h20-25H,8-19,35H2,1-7H3,(H,36,43)(H,37,42)(H,38,44)(H,48,49)/t20-,21-,22-,23-,24-,25-/m0/s1. The molecule has 3 aliphatic rings. The Hall–Kier alpha value is -3.83. The molecule has 3 rings (SSSR count). The highest BCUT2D eigenvalue weighted by Crippen LogP contribution is 2.29. The molecule has 0 radical (unpaired) electrons. The normalized spacial score (nSPS) is 22.7. The summed E-state index contributed by atoms with van der Waals surface area (Å²) in [6, 6.07) is -5.83. The van der Waals surface area contributed by atoms with Gasteiger partial charge in [0.1, 0.15) is 30.2 Å². The van der Waals surface area contributed by atoms with Crippen LogP contribution in [0.15, 0.2) is 0 Å². The fraction of sp³-hybridized carbons (Fsp3) is 0.794. The summed E-state index contributed by atoms with van der Waals surface area (Å²) in [5.74, 6) is -4.27. The van der Waals surface area contributed by atoms with Gasteiger partial charge in [-0.05, 0) is 87.0 Å². The molecular weight excluding hydrogens is 666 g/mol. The third-order valence-corrected chi connectivity index (χ3v) is 8.98. The Morgan fingerprint density at radius 3 is 1.75 bits per heavy atom. The van der Waals surface area contributed by atoms with Crippen molar-refractivity contribution in [3.63, 3.8) is 0 Å². The van der Waals surface area contributed by atoms with Crippen LogP contribution in [0.25, 0.3) is 0 Å². The molecule has 6 atom stereocenters. The maximum atomic E-state index is 13.9. The third-order valence-electron chi connectivity index (χ3n) is 8.98. The largest absolute Gasteiger partial charge is 0.480 e. The van der Waals surface area contributed by atoms with Crippen LogP contribution in [0.3, 0.4) is 0 Å². The van der Waals surface area contributed by atoms with E-state index in [1.54, 1.807) is 20.8 Å². The predicted octanol–water partition coefficient (Wildman–Crippen LogP) is -0.893. The maximum Gasteiger partial charge on any atom is 0.328 e. The Morgan fingerprint density at radius 2 is 1.22 bits per heavy atom. The predicted molar refractivity (Wildman–Crippen MR) is 184 cm³/mol. The molecule has 0 aromatic rings. The van der Waals surface area contributed by atoms with Gasteiger partial charge in [-0.3, -0.25) is 28.8 Å². The molecule has 51 heavy (non-hydrogen) atoms. The van der Waals surface area contributed by atoms with Crippen molar-refractivity contribution in [2.75, 3.05) is 39.4 Å². The van der Waals surface area contributed by atoms with Gasteiger partial charge in [-0.2, -0.15) is 0 Å². The SMILES string of the molecule is C[C@H](NC(=O)CNC(=O)[C@@H](N)COC(C)(C)C)C(=O)N1CCC[C@H]1C(=O)N1CCC[C@H]1C(=O)N1CCC[C@H]1C(=O)N[C@@H](COC(C)(C)C)C(=O)O. The molecular formula is C34H57N7O10. The van der Waals surface area contributed by atoms with Crippen LogP contribution in [0, 0.1) is 0 Å². The van der Waals surface area contributed by atoms with Crippen molar-refractivity contribution in [3.05, 3.63) is 0 Å². The van der Waals surface area contributed by atoms with E-state index in [0.717, 1.165) is 0 Å². The lowest BCUT2D eigenvalue weighted by atomic mass is 10.1. The summed E-state index contributed by atoms with van der Waals surface area (Å²) in [4.78, 5) is 95.5. The van der Waals surface area contributed by atoms with Crippen molar-refractivity contribution < 1.29 is 48.1 Å². The third kappa shape index (κ3) is 11.9. The number of carbonyl (C=O) groups excluding carboxylic acids is 6. The minimum Gasteiger partial charge on any atom is -0.480 e. The van der Waals surface area contributed by atoms with E-state index in [0.29, 0.717) is 51.6 Å². The number of amides is 6. The second-order valence-electron chi connectivity index (χ2n) is 15.4. The van der Waals surface area contributed by atoms with E-state index < -0.39 is 83.6 Å². The molecule has 288 valence electrons.